The van der Waals surface area contributed by atoms with Gasteiger partial charge in [0.2, 0.25) is 0 Å². The molecule has 0 radical (unpaired) electrons. The van der Waals surface area contributed by atoms with Crippen LogP contribution >= 0.6 is 27.5 Å². The molecule has 1 aromatic rings. The molecule has 0 aliphatic carbocycles. The molecule has 1 atom stereocenters. The van der Waals surface area contributed by atoms with Crippen LogP contribution in [0, 0.1) is 0 Å². The summed E-state index contributed by atoms with van der Waals surface area (Å²) in [6.07, 6.45) is 0.00153. The molecule has 15 heavy (non-hydrogen) atoms. The lowest BCUT2D eigenvalue weighted by Crippen LogP contribution is -2.20. The van der Waals surface area contributed by atoms with Crippen molar-refractivity contribution in [2.75, 3.05) is 13.1 Å². The van der Waals surface area contributed by atoms with Crippen LogP contribution in [0.2, 0.25) is 5.02 Å². The highest BCUT2D eigenvalue weighted by atomic mass is 79.9. The molecule has 1 aromatic carbocycles. The second kappa shape index (κ2) is 4.81. The Morgan fingerprint density at radius 2 is 2.33 bits per heavy atom. The van der Waals surface area contributed by atoms with Gasteiger partial charge in [0.05, 0.1) is 0 Å². The first-order chi connectivity index (χ1) is 7.15. The van der Waals surface area contributed by atoms with Crippen molar-refractivity contribution >= 4 is 27.5 Å². The van der Waals surface area contributed by atoms with E-state index in [9.17, 15) is 4.39 Å². The molecule has 1 aliphatic heterocycles. The van der Waals surface area contributed by atoms with E-state index in [-0.39, 0.29) is 0 Å². The molecule has 1 heterocycles. The summed E-state index contributed by atoms with van der Waals surface area (Å²) in [4.78, 5) is 2.12. The fourth-order valence-electron chi connectivity index (χ4n) is 1.82. The minimum absolute atomic E-state index is 0.551. The van der Waals surface area contributed by atoms with Crippen LogP contribution in [0.4, 0.5) is 4.39 Å². The van der Waals surface area contributed by atoms with Crippen LogP contribution in [0.25, 0.3) is 0 Å². The summed E-state index contributed by atoms with van der Waals surface area (Å²) in [6, 6.07) is 5.72. The number of rotatable bonds is 2. The number of alkyl halides is 1. The minimum atomic E-state index is -0.656. The van der Waals surface area contributed by atoms with Crippen LogP contribution in [0.5, 0.6) is 0 Å². The van der Waals surface area contributed by atoms with Crippen molar-refractivity contribution in [2.45, 2.75) is 19.1 Å². The Balaban J connectivity index is 2.04. The van der Waals surface area contributed by atoms with Gasteiger partial charge in [0, 0.05) is 29.1 Å². The lowest BCUT2D eigenvalue weighted by Gasteiger charge is -2.15. The number of hydrogen-bond donors (Lipinski definition) is 0. The van der Waals surface area contributed by atoms with E-state index < -0.39 is 6.17 Å². The number of likely N-dealkylation sites (tertiary alicyclic amines) is 1. The monoisotopic (exact) mass is 291 g/mol. The van der Waals surface area contributed by atoms with Crippen molar-refractivity contribution in [3.8, 4) is 0 Å². The smallest absolute Gasteiger partial charge is 0.114 e. The fourth-order valence-corrected chi connectivity index (χ4v) is 2.63. The zero-order valence-corrected chi connectivity index (χ0v) is 10.6. The van der Waals surface area contributed by atoms with Gasteiger partial charge in [0.15, 0.2) is 0 Å². The molecule has 1 nitrogen and oxygen atoms in total. The van der Waals surface area contributed by atoms with Gasteiger partial charge in [-0.15, -0.1) is 0 Å². The minimum Gasteiger partial charge on any atom is -0.296 e. The third kappa shape index (κ3) is 2.92. The summed E-state index contributed by atoms with van der Waals surface area (Å²) >= 11 is 9.32. The van der Waals surface area contributed by atoms with Crippen molar-refractivity contribution in [3.05, 3.63) is 33.3 Å². The van der Waals surface area contributed by atoms with Gasteiger partial charge >= 0.3 is 0 Å². The number of hydrogen-bond acceptors (Lipinski definition) is 1. The quantitative estimate of drug-likeness (QED) is 0.804. The predicted octanol–water partition coefficient (Wildman–Crippen LogP) is 3.65. The first-order valence-corrected chi connectivity index (χ1v) is 6.12. The molecular formula is C11H12BrClFN. The highest BCUT2D eigenvalue weighted by molar-refractivity contribution is 9.10. The van der Waals surface area contributed by atoms with Gasteiger partial charge < -0.3 is 0 Å². The molecule has 82 valence electrons. The van der Waals surface area contributed by atoms with E-state index in [1.54, 1.807) is 0 Å². The molecule has 1 aliphatic rings. The summed E-state index contributed by atoms with van der Waals surface area (Å²) in [6.45, 7) is 2.18. The summed E-state index contributed by atoms with van der Waals surface area (Å²) in [5.41, 5.74) is 1.16. The second-order valence-electron chi connectivity index (χ2n) is 3.86. The highest BCUT2D eigenvalue weighted by Gasteiger charge is 2.21. The lowest BCUT2D eigenvalue weighted by atomic mass is 10.2. The third-order valence-corrected chi connectivity index (χ3v) is 3.60. The zero-order valence-electron chi connectivity index (χ0n) is 8.22. The Morgan fingerprint density at radius 3 is 2.93 bits per heavy atom. The molecule has 1 fully saturated rings. The van der Waals surface area contributed by atoms with Crippen molar-refractivity contribution in [3.63, 3.8) is 0 Å². The predicted molar refractivity (Wildman–Crippen MR) is 63.9 cm³/mol. The second-order valence-corrected chi connectivity index (χ2v) is 5.15. The van der Waals surface area contributed by atoms with Crippen molar-refractivity contribution in [2.24, 2.45) is 0 Å². The molecule has 0 unspecified atom stereocenters. The fraction of sp³-hybridized carbons (Fsp3) is 0.455. The van der Waals surface area contributed by atoms with Gasteiger partial charge in [-0.25, -0.2) is 4.39 Å². The van der Waals surface area contributed by atoms with Crippen LogP contribution in [0.3, 0.4) is 0 Å². The Labute approximate surface area is 102 Å². The molecule has 0 bridgehead atoms. The van der Waals surface area contributed by atoms with Crippen LogP contribution in [0.1, 0.15) is 12.0 Å². The Kier molecular flexibility index (Phi) is 3.65. The summed E-state index contributed by atoms with van der Waals surface area (Å²) in [5, 5.41) is 0.718. The van der Waals surface area contributed by atoms with Gasteiger partial charge in [-0.05, 0) is 24.1 Å². The summed E-state index contributed by atoms with van der Waals surface area (Å²) < 4.78 is 14.0. The van der Waals surface area contributed by atoms with E-state index in [0.29, 0.717) is 13.0 Å². The highest BCUT2D eigenvalue weighted by Crippen LogP contribution is 2.24. The maximum absolute atomic E-state index is 13.0. The van der Waals surface area contributed by atoms with Crippen molar-refractivity contribution < 1.29 is 4.39 Å². The Hall–Kier alpha value is -0.120. The van der Waals surface area contributed by atoms with Gasteiger partial charge in [0.1, 0.15) is 6.17 Å². The first-order valence-electron chi connectivity index (χ1n) is 4.95. The van der Waals surface area contributed by atoms with E-state index >= 15 is 0 Å². The SMILES string of the molecule is F[C@@H]1CCN(Cc2ccc(Cl)cc2Br)C1. The molecule has 0 amide bonds. The van der Waals surface area contributed by atoms with Crippen LogP contribution < -0.4 is 0 Å². The number of nitrogens with zero attached hydrogens (tertiary/aromatic N) is 1. The molecule has 0 spiro atoms. The first kappa shape index (κ1) is 11.4. The molecule has 2 rings (SSSR count). The van der Waals surface area contributed by atoms with Crippen LogP contribution in [0.15, 0.2) is 22.7 Å². The van der Waals surface area contributed by atoms with Gasteiger partial charge in [-0.2, -0.15) is 0 Å². The van der Waals surface area contributed by atoms with E-state index in [1.165, 1.54) is 0 Å². The molecule has 0 saturated carbocycles. The largest absolute Gasteiger partial charge is 0.296 e. The standard InChI is InChI=1S/C11H12BrClFN/c12-11-5-9(13)2-1-8(11)6-15-4-3-10(14)7-15/h1-2,5,10H,3-4,6-7H2/t10-/m1/s1. The van der Waals surface area contributed by atoms with Gasteiger partial charge in [0.25, 0.3) is 0 Å². The zero-order chi connectivity index (χ0) is 10.8. The third-order valence-electron chi connectivity index (χ3n) is 2.62. The Morgan fingerprint density at radius 1 is 1.53 bits per heavy atom. The van der Waals surface area contributed by atoms with Crippen LogP contribution in [-0.4, -0.2) is 24.2 Å². The van der Waals surface area contributed by atoms with Crippen molar-refractivity contribution in [1.82, 2.24) is 4.90 Å². The maximum atomic E-state index is 13.0. The average molecular weight is 293 g/mol. The number of benzene rings is 1. The average Bonchev–Trinajstić information content (AvgIpc) is 2.56. The van der Waals surface area contributed by atoms with E-state index in [4.69, 9.17) is 11.6 Å². The number of halogens is 3. The molecule has 4 heteroatoms. The summed E-state index contributed by atoms with van der Waals surface area (Å²) in [7, 11) is 0. The van der Waals surface area contributed by atoms with E-state index in [1.807, 2.05) is 18.2 Å². The van der Waals surface area contributed by atoms with Crippen LogP contribution in [-0.2, 0) is 6.54 Å². The van der Waals surface area contributed by atoms with Gasteiger partial charge in [-0.1, -0.05) is 33.6 Å². The van der Waals surface area contributed by atoms with E-state index in [0.717, 1.165) is 28.1 Å². The molecular weight excluding hydrogens is 280 g/mol. The lowest BCUT2D eigenvalue weighted by molar-refractivity contribution is 0.282. The van der Waals surface area contributed by atoms with Gasteiger partial charge in [-0.3, -0.25) is 4.90 Å². The molecule has 0 aromatic heterocycles. The Bertz CT molecular complexity index is 358. The molecule has 0 N–H and O–H groups in total. The van der Waals surface area contributed by atoms with Crippen molar-refractivity contribution in [1.29, 1.82) is 0 Å². The topological polar surface area (TPSA) is 3.24 Å². The maximum Gasteiger partial charge on any atom is 0.114 e. The molecule has 1 saturated heterocycles. The van der Waals surface area contributed by atoms with E-state index in [2.05, 4.69) is 20.8 Å². The summed E-state index contributed by atoms with van der Waals surface area (Å²) in [5.74, 6) is 0. The normalized spacial score (nSPS) is 22.2.